The Hall–Kier alpha value is -3.85. The number of benzene rings is 2. The van der Waals surface area contributed by atoms with Crippen LogP contribution in [0, 0.1) is 0 Å². The van der Waals surface area contributed by atoms with E-state index in [4.69, 9.17) is 9.47 Å². The molecular weight excluding hydrogens is 448 g/mol. The maximum Gasteiger partial charge on any atom is 0.332 e. The minimum atomic E-state index is -1.21. The number of urea groups is 1. The number of carbonyl (C=O) groups is 3. The number of nitrogens with one attached hydrogen (secondary N) is 2. The standard InChI is InChI=1S/C26H28N4O5/c1-26-22-17(19-15-16(35-3)9-10-20(19)28-22)11-13-29(26)25(33)30(24(26)32)21-8-5-4-7-18(21)23(31)27-12-6-14-34-2/h4-5,7-10,15,28H,6,11-14H2,1-3H3,(H,27,31)/t26-/m1/s1. The molecule has 2 aliphatic rings. The molecule has 1 atom stereocenters. The van der Waals surface area contributed by atoms with Gasteiger partial charge in [-0.1, -0.05) is 12.1 Å². The summed E-state index contributed by atoms with van der Waals surface area (Å²) < 4.78 is 10.4. The summed E-state index contributed by atoms with van der Waals surface area (Å²) >= 11 is 0. The molecule has 2 aromatic carbocycles. The first-order chi connectivity index (χ1) is 16.9. The lowest BCUT2D eigenvalue weighted by Crippen LogP contribution is -2.49. The van der Waals surface area contributed by atoms with Gasteiger partial charge < -0.3 is 24.7 Å². The zero-order valence-corrected chi connectivity index (χ0v) is 20.0. The summed E-state index contributed by atoms with van der Waals surface area (Å²) in [6.45, 7) is 3.11. The van der Waals surface area contributed by atoms with Crippen LogP contribution in [0.15, 0.2) is 42.5 Å². The van der Waals surface area contributed by atoms with Crippen molar-refractivity contribution in [1.29, 1.82) is 0 Å². The van der Waals surface area contributed by atoms with E-state index in [9.17, 15) is 14.4 Å². The van der Waals surface area contributed by atoms with Crippen LogP contribution >= 0.6 is 0 Å². The van der Waals surface area contributed by atoms with Gasteiger partial charge in [0, 0.05) is 37.7 Å². The summed E-state index contributed by atoms with van der Waals surface area (Å²) in [5.41, 5.74) is 1.94. The number of anilines is 1. The lowest BCUT2D eigenvalue weighted by atomic mass is 9.87. The number of amides is 4. The van der Waals surface area contributed by atoms with Crippen LogP contribution < -0.4 is 15.0 Å². The molecule has 3 heterocycles. The Morgan fingerprint density at radius 1 is 1.17 bits per heavy atom. The zero-order valence-electron chi connectivity index (χ0n) is 20.0. The quantitative estimate of drug-likeness (QED) is 0.403. The molecule has 35 heavy (non-hydrogen) atoms. The number of methoxy groups -OCH3 is 2. The van der Waals surface area contributed by atoms with Crippen molar-refractivity contribution in [3.63, 3.8) is 0 Å². The van der Waals surface area contributed by atoms with Crippen molar-refractivity contribution < 1.29 is 23.9 Å². The van der Waals surface area contributed by atoms with E-state index in [-0.39, 0.29) is 23.1 Å². The smallest absolute Gasteiger partial charge is 0.332 e. The van der Waals surface area contributed by atoms with Crippen LogP contribution in [0.3, 0.4) is 0 Å². The maximum absolute atomic E-state index is 14.0. The molecule has 0 unspecified atom stereocenters. The molecule has 0 aliphatic carbocycles. The van der Waals surface area contributed by atoms with Crippen LogP contribution in [0.2, 0.25) is 0 Å². The van der Waals surface area contributed by atoms with Crippen molar-refractivity contribution in [2.75, 3.05) is 38.8 Å². The van der Waals surface area contributed by atoms with Gasteiger partial charge in [0.25, 0.3) is 11.8 Å². The Labute approximate surface area is 203 Å². The first kappa shape index (κ1) is 22.9. The first-order valence-electron chi connectivity index (χ1n) is 11.6. The molecular formula is C26H28N4O5. The lowest BCUT2D eigenvalue weighted by Gasteiger charge is -2.35. The Kier molecular flexibility index (Phi) is 5.72. The summed E-state index contributed by atoms with van der Waals surface area (Å²) in [6, 6.07) is 12.0. The molecule has 2 aliphatic heterocycles. The van der Waals surface area contributed by atoms with E-state index in [1.807, 2.05) is 18.2 Å². The number of para-hydroxylation sites is 1. The minimum absolute atomic E-state index is 0.275. The van der Waals surface area contributed by atoms with Gasteiger partial charge in [-0.05, 0) is 55.7 Å². The van der Waals surface area contributed by atoms with Crippen molar-refractivity contribution >= 4 is 34.4 Å². The number of H-pyrrole nitrogens is 1. The SMILES string of the molecule is COCCCNC(=O)c1ccccc1N1C(=O)N2CCc3c([nH]c4ccc(OC)cc34)[C@]2(C)C1=O. The van der Waals surface area contributed by atoms with E-state index in [0.29, 0.717) is 38.2 Å². The van der Waals surface area contributed by atoms with E-state index in [1.165, 1.54) is 0 Å². The predicted octanol–water partition coefficient (Wildman–Crippen LogP) is 3.18. The summed E-state index contributed by atoms with van der Waals surface area (Å²) in [5, 5.41) is 3.83. The van der Waals surface area contributed by atoms with Crippen LogP contribution in [-0.4, -0.2) is 61.6 Å². The highest BCUT2D eigenvalue weighted by molar-refractivity contribution is 6.25. The van der Waals surface area contributed by atoms with Gasteiger partial charge in [0.05, 0.1) is 24.1 Å². The molecule has 5 rings (SSSR count). The second kappa shape index (κ2) is 8.74. The minimum Gasteiger partial charge on any atom is -0.497 e. The molecule has 0 saturated carbocycles. The number of hydrogen-bond acceptors (Lipinski definition) is 5. The fourth-order valence-electron chi connectivity index (χ4n) is 5.13. The Bertz CT molecular complexity index is 1330. The molecule has 0 bridgehead atoms. The van der Waals surface area contributed by atoms with Crippen molar-refractivity contribution in [1.82, 2.24) is 15.2 Å². The first-order valence-corrected chi connectivity index (χ1v) is 11.6. The third kappa shape index (κ3) is 3.46. The Balaban J connectivity index is 1.53. The van der Waals surface area contributed by atoms with Gasteiger partial charge in [-0.15, -0.1) is 0 Å². The van der Waals surface area contributed by atoms with Gasteiger partial charge in [-0.3, -0.25) is 9.59 Å². The van der Waals surface area contributed by atoms with E-state index in [0.717, 1.165) is 27.1 Å². The molecule has 1 saturated heterocycles. The van der Waals surface area contributed by atoms with Crippen LogP contribution in [-0.2, 0) is 21.5 Å². The highest BCUT2D eigenvalue weighted by Gasteiger charge is 2.59. The molecule has 1 aromatic heterocycles. The van der Waals surface area contributed by atoms with Crippen LogP contribution in [0.1, 0.15) is 35.0 Å². The topological polar surface area (TPSA) is 104 Å². The molecule has 9 nitrogen and oxygen atoms in total. The van der Waals surface area contributed by atoms with Crippen molar-refractivity contribution in [2.45, 2.75) is 25.3 Å². The second-order valence-corrected chi connectivity index (χ2v) is 8.91. The fraction of sp³-hybridized carbons (Fsp3) is 0.346. The summed E-state index contributed by atoms with van der Waals surface area (Å²) in [4.78, 5) is 46.7. The van der Waals surface area contributed by atoms with Crippen molar-refractivity contribution in [3.05, 3.63) is 59.3 Å². The third-order valence-corrected chi connectivity index (χ3v) is 6.97. The van der Waals surface area contributed by atoms with Gasteiger partial charge in [0.1, 0.15) is 5.75 Å². The van der Waals surface area contributed by atoms with E-state index < -0.39 is 11.6 Å². The van der Waals surface area contributed by atoms with Gasteiger partial charge in [-0.2, -0.15) is 0 Å². The monoisotopic (exact) mass is 476 g/mol. The Morgan fingerprint density at radius 2 is 1.97 bits per heavy atom. The average Bonchev–Trinajstić information content (AvgIpc) is 3.34. The number of aromatic amines is 1. The number of carbonyl (C=O) groups excluding carboxylic acids is 3. The third-order valence-electron chi connectivity index (χ3n) is 6.97. The zero-order chi connectivity index (χ0) is 24.7. The average molecular weight is 477 g/mol. The number of aromatic nitrogens is 1. The highest BCUT2D eigenvalue weighted by Crippen LogP contribution is 2.46. The molecule has 2 N–H and O–H groups in total. The lowest BCUT2D eigenvalue weighted by molar-refractivity contribution is -0.125. The van der Waals surface area contributed by atoms with E-state index in [1.54, 1.807) is 50.3 Å². The van der Waals surface area contributed by atoms with E-state index >= 15 is 0 Å². The summed E-state index contributed by atoms with van der Waals surface area (Å²) in [7, 11) is 3.22. The van der Waals surface area contributed by atoms with Gasteiger partial charge in [0.2, 0.25) is 0 Å². The van der Waals surface area contributed by atoms with Gasteiger partial charge in [-0.25, -0.2) is 9.69 Å². The molecule has 3 aromatic rings. The largest absolute Gasteiger partial charge is 0.497 e. The number of imide groups is 1. The van der Waals surface area contributed by atoms with Crippen molar-refractivity contribution in [3.8, 4) is 5.75 Å². The molecule has 0 spiro atoms. The van der Waals surface area contributed by atoms with E-state index in [2.05, 4.69) is 10.3 Å². The molecule has 1 fully saturated rings. The van der Waals surface area contributed by atoms with Gasteiger partial charge in [0.15, 0.2) is 5.54 Å². The molecule has 4 amide bonds. The fourth-order valence-corrected chi connectivity index (χ4v) is 5.13. The van der Waals surface area contributed by atoms with Gasteiger partial charge >= 0.3 is 6.03 Å². The van der Waals surface area contributed by atoms with Crippen LogP contribution in [0.25, 0.3) is 10.9 Å². The normalized spacial score (nSPS) is 19.2. The Morgan fingerprint density at radius 3 is 2.74 bits per heavy atom. The van der Waals surface area contributed by atoms with Crippen molar-refractivity contribution in [2.24, 2.45) is 0 Å². The number of fused-ring (bicyclic) bond motifs is 5. The highest BCUT2D eigenvalue weighted by atomic mass is 16.5. The predicted molar refractivity (Wildman–Crippen MR) is 131 cm³/mol. The maximum atomic E-state index is 14.0. The number of nitrogens with zero attached hydrogens (tertiary/aromatic N) is 2. The molecule has 182 valence electrons. The van der Waals surface area contributed by atoms with Crippen LogP contribution in [0.5, 0.6) is 5.75 Å². The number of ether oxygens (including phenoxy) is 2. The molecule has 9 heteroatoms. The second-order valence-electron chi connectivity index (χ2n) is 8.91. The van der Waals surface area contributed by atoms with Crippen LogP contribution in [0.4, 0.5) is 10.5 Å². The summed E-state index contributed by atoms with van der Waals surface area (Å²) in [5.74, 6) is 0.0000938. The number of hydrogen-bond donors (Lipinski definition) is 2. The number of rotatable bonds is 7. The summed E-state index contributed by atoms with van der Waals surface area (Å²) in [6.07, 6.45) is 1.26. The molecule has 0 radical (unpaired) electrons.